The van der Waals surface area contributed by atoms with Crippen LogP contribution in [0.2, 0.25) is 0 Å². The van der Waals surface area contributed by atoms with Crippen molar-refractivity contribution in [2.75, 3.05) is 6.54 Å². The third kappa shape index (κ3) is 1.06. The molecule has 0 unspecified atom stereocenters. The summed E-state index contributed by atoms with van der Waals surface area (Å²) in [6.45, 7) is 1.73. The molecule has 0 aromatic carbocycles. The minimum Gasteiger partial charge on any atom is -0.364 e. The Morgan fingerprint density at radius 2 is 2.36 bits per heavy atom. The Labute approximate surface area is 80.1 Å². The fraction of sp³-hybridized carbons (Fsp3) is 0.333. The van der Waals surface area contributed by atoms with E-state index in [2.05, 4.69) is 15.6 Å². The number of rotatable bonds is 1. The summed E-state index contributed by atoms with van der Waals surface area (Å²) in [5.74, 6) is 0.746. The maximum Gasteiger partial charge on any atom is 0.192 e. The molecule has 2 aromatic rings. The van der Waals surface area contributed by atoms with Gasteiger partial charge in [0.1, 0.15) is 12.0 Å². The summed E-state index contributed by atoms with van der Waals surface area (Å²) >= 11 is 0. The molecule has 14 heavy (non-hydrogen) atoms. The number of hydrogen-bond acceptors (Lipinski definition) is 5. The first-order chi connectivity index (χ1) is 6.95. The summed E-state index contributed by atoms with van der Waals surface area (Å²) in [4.78, 5) is 0. The molecule has 0 saturated heterocycles. The third-order valence-electron chi connectivity index (χ3n) is 2.38. The van der Waals surface area contributed by atoms with Crippen molar-refractivity contribution in [2.45, 2.75) is 13.0 Å². The molecule has 3 heterocycles. The molecule has 1 aliphatic rings. The van der Waals surface area contributed by atoms with Crippen molar-refractivity contribution in [1.82, 2.24) is 15.6 Å². The van der Waals surface area contributed by atoms with Crippen LogP contribution in [0.25, 0.3) is 11.5 Å². The molecular formula is C9H9N3O2. The monoisotopic (exact) mass is 191 g/mol. The fourth-order valence-corrected chi connectivity index (χ4v) is 1.69. The number of aromatic nitrogens is 2. The predicted molar refractivity (Wildman–Crippen MR) is 47.4 cm³/mol. The highest BCUT2D eigenvalue weighted by molar-refractivity contribution is 5.57. The van der Waals surface area contributed by atoms with Gasteiger partial charge in [0.05, 0.1) is 0 Å². The van der Waals surface area contributed by atoms with Gasteiger partial charge in [0.25, 0.3) is 0 Å². The van der Waals surface area contributed by atoms with Gasteiger partial charge in [-0.2, -0.15) is 0 Å². The van der Waals surface area contributed by atoms with Gasteiger partial charge in [0.15, 0.2) is 11.5 Å². The second-order valence-electron chi connectivity index (χ2n) is 3.25. The Hall–Kier alpha value is -1.62. The van der Waals surface area contributed by atoms with Crippen LogP contribution in [0.5, 0.6) is 0 Å². The predicted octanol–water partition coefficient (Wildman–Crippen LogP) is 0.975. The van der Waals surface area contributed by atoms with E-state index in [9.17, 15) is 0 Å². The van der Waals surface area contributed by atoms with Gasteiger partial charge in [-0.1, -0.05) is 10.3 Å². The highest BCUT2D eigenvalue weighted by atomic mass is 16.5. The van der Waals surface area contributed by atoms with E-state index in [1.54, 1.807) is 6.07 Å². The average Bonchev–Trinajstić information content (AvgIpc) is 2.85. The normalized spacial score (nSPS) is 15.4. The highest BCUT2D eigenvalue weighted by Crippen LogP contribution is 2.26. The second-order valence-corrected chi connectivity index (χ2v) is 3.25. The quantitative estimate of drug-likeness (QED) is 0.727. The van der Waals surface area contributed by atoms with E-state index < -0.39 is 0 Å². The van der Waals surface area contributed by atoms with E-state index in [0.717, 1.165) is 42.2 Å². The lowest BCUT2D eigenvalue weighted by Crippen LogP contribution is -2.23. The molecule has 5 nitrogen and oxygen atoms in total. The maximum absolute atomic E-state index is 5.25. The summed E-state index contributed by atoms with van der Waals surface area (Å²) in [6, 6.07) is 1.78. The van der Waals surface area contributed by atoms with Crippen LogP contribution in [-0.4, -0.2) is 16.9 Å². The SMILES string of the molecule is c1cc(-c2onc3c2CCNC3)no1. The molecule has 3 rings (SSSR count). The van der Waals surface area contributed by atoms with Crippen LogP contribution >= 0.6 is 0 Å². The lowest BCUT2D eigenvalue weighted by atomic mass is 10.1. The molecule has 2 aromatic heterocycles. The second kappa shape index (κ2) is 2.95. The molecule has 1 N–H and O–H groups in total. The van der Waals surface area contributed by atoms with Gasteiger partial charge < -0.3 is 14.4 Å². The van der Waals surface area contributed by atoms with Crippen LogP contribution in [0.4, 0.5) is 0 Å². The van der Waals surface area contributed by atoms with Gasteiger partial charge in [-0.05, 0) is 13.0 Å². The molecule has 0 aliphatic carbocycles. The lowest BCUT2D eigenvalue weighted by Gasteiger charge is -2.09. The van der Waals surface area contributed by atoms with Crippen LogP contribution in [0.15, 0.2) is 21.4 Å². The Balaban J connectivity index is 2.11. The highest BCUT2D eigenvalue weighted by Gasteiger charge is 2.21. The van der Waals surface area contributed by atoms with Gasteiger partial charge in [0.2, 0.25) is 0 Å². The zero-order chi connectivity index (χ0) is 9.38. The Morgan fingerprint density at radius 3 is 3.21 bits per heavy atom. The topological polar surface area (TPSA) is 64.1 Å². The first kappa shape index (κ1) is 7.75. The number of nitrogens with one attached hydrogen (secondary N) is 1. The lowest BCUT2D eigenvalue weighted by molar-refractivity contribution is 0.402. The van der Waals surface area contributed by atoms with Crippen molar-refractivity contribution in [3.05, 3.63) is 23.6 Å². The molecule has 1 aliphatic heterocycles. The molecule has 0 atom stereocenters. The molecule has 0 radical (unpaired) electrons. The maximum atomic E-state index is 5.25. The molecule has 0 bridgehead atoms. The summed E-state index contributed by atoms with van der Waals surface area (Å²) in [5, 5.41) is 11.1. The van der Waals surface area contributed by atoms with Crippen LogP contribution in [0.1, 0.15) is 11.3 Å². The third-order valence-corrected chi connectivity index (χ3v) is 2.38. The molecule has 72 valence electrons. The van der Waals surface area contributed by atoms with Crippen molar-refractivity contribution in [3.63, 3.8) is 0 Å². The van der Waals surface area contributed by atoms with Crippen LogP contribution in [0.3, 0.4) is 0 Å². The Bertz CT molecular complexity index is 433. The number of hydrogen-bond donors (Lipinski definition) is 1. The van der Waals surface area contributed by atoms with E-state index in [0.29, 0.717) is 0 Å². The summed E-state index contributed by atoms with van der Waals surface area (Å²) in [7, 11) is 0. The Kier molecular flexibility index (Phi) is 1.63. The van der Waals surface area contributed by atoms with Crippen molar-refractivity contribution < 1.29 is 9.05 Å². The van der Waals surface area contributed by atoms with Gasteiger partial charge in [-0.15, -0.1) is 0 Å². The summed E-state index contributed by atoms with van der Waals surface area (Å²) < 4.78 is 10.0. The zero-order valence-corrected chi connectivity index (χ0v) is 7.49. The molecule has 0 fully saturated rings. The minimum absolute atomic E-state index is 0.723. The van der Waals surface area contributed by atoms with Crippen molar-refractivity contribution in [3.8, 4) is 11.5 Å². The molecule has 0 saturated carbocycles. The average molecular weight is 191 g/mol. The molecule has 0 spiro atoms. The van der Waals surface area contributed by atoms with Gasteiger partial charge >= 0.3 is 0 Å². The van der Waals surface area contributed by atoms with Crippen molar-refractivity contribution >= 4 is 0 Å². The van der Waals surface area contributed by atoms with Crippen LogP contribution in [-0.2, 0) is 13.0 Å². The van der Waals surface area contributed by atoms with Crippen LogP contribution < -0.4 is 5.32 Å². The Morgan fingerprint density at radius 1 is 1.36 bits per heavy atom. The number of fused-ring (bicyclic) bond motifs is 1. The van der Waals surface area contributed by atoms with E-state index in [-0.39, 0.29) is 0 Å². The fourth-order valence-electron chi connectivity index (χ4n) is 1.69. The van der Waals surface area contributed by atoms with E-state index in [4.69, 9.17) is 9.05 Å². The van der Waals surface area contributed by atoms with Gasteiger partial charge in [-0.3, -0.25) is 0 Å². The minimum atomic E-state index is 0.723. The molecule has 5 heteroatoms. The van der Waals surface area contributed by atoms with Crippen molar-refractivity contribution in [1.29, 1.82) is 0 Å². The zero-order valence-electron chi connectivity index (χ0n) is 7.49. The van der Waals surface area contributed by atoms with Crippen molar-refractivity contribution in [2.24, 2.45) is 0 Å². The molecular weight excluding hydrogens is 182 g/mol. The van der Waals surface area contributed by atoms with E-state index in [1.165, 1.54) is 6.26 Å². The first-order valence-electron chi connectivity index (χ1n) is 4.54. The van der Waals surface area contributed by atoms with Crippen LogP contribution in [0, 0.1) is 0 Å². The van der Waals surface area contributed by atoms with E-state index in [1.807, 2.05) is 0 Å². The van der Waals surface area contributed by atoms with E-state index >= 15 is 0 Å². The largest absolute Gasteiger partial charge is 0.364 e. The van der Waals surface area contributed by atoms with Gasteiger partial charge in [-0.25, -0.2) is 0 Å². The smallest absolute Gasteiger partial charge is 0.192 e. The molecule has 0 amide bonds. The standard InChI is InChI=1S/C9H9N3O2/c1-3-10-5-8-6(1)9(14-12-8)7-2-4-13-11-7/h2,4,10H,1,3,5H2. The first-order valence-corrected chi connectivity index (χ1v) is 4.54. The summed E-state index contributed by atoms with van der Waals surface area (Å²) in [6.07, 6.45) is 2.46. The number of nitrogens with zero attached hydrogens (tertiary/aromatic N) is 2. The summed E-state index contributed by atoms with van der Waals surface area (Å²) in [5.41, 5.74) is 2.85. The van der Waals surface area contributed by atoms with Gasteiger partial charge in [0, 0.05) is 18.2 Å².